The summed E-state index contributed by atoms with van der Waals surface area (Å²) in [6.07, 6.45) is 3.25. The molecule has 0 radical (unpaired) electrons. The summed E-state index contributed by atoms with van der Waals surface area (Å²) in [7, 11) is -3.36. The first kappa shape index (κ1) is 15.0. The fraction of sp³-hybridized carbons (Fsp3) is 0.429. The lowest BCUT2D eigenvalue weighted by molar-refractivity contribution is 0.584. The second-order valence-electron chi connectivity index (χ2n) is 4.70. The first-order chi connectivity index (χ1) is 9.62. The monoisotopic (exact) mass is 295 g/mol. The largest absolute Gasteiger partial charge is 0.381 e. The van der Waals surface area contributed by atoms with Crippen LogP contribution in [0.25, 0.3) is 0 Å². The quantitative estimate of drug-likeness (QED) is 0.692. The van der Waals surface area contributed by atoms with Gasteiger partial charge in [0.25, 0.3) is 0 Å². The topological polar surface area (TPSA) is 70.2 Å². The van der Waals surface area contributed by atoms with E-state index in [0.29, 0.717) is 11.4 Å². The zero-order chi connectivity index (χ0) is 14.4. The zero-order valence-corrected chi connectivity index (χ0v) is 12.5. The summed E-state index contributed by atoms with van der Waals surface area (Å²) in [5.74, 6) is 0. The number of hydrogen-bond donors (Lipinski definition) is 3. The first-order valence-corrected chi connectivity index (χ1v) is 8.32. The van der Waals surface area contributed by atoms with Crippen LogP contribution in [0.4, 0.5) is 5.69 Å². The van der Waals surface area contributed by atoms with Crippen molar-refractivity contribution in [1.82, 2.24) is 10.0 Å². The van der Waals surface area contributed by atoms with Crippen molar-refractivity contribution in [2.75, 3.05) is 31.5 Å². The molecule has 0 unspecified atom stereocenters. The number of rotatable bonds is 6. The van der Waals surface area contributed by atoms with E-state index >= 15 is 0 Å². The molecule has 2 rings (SSSR count). The summed E-state index contributed by atoms with van der Waals surface area (Å²) >= 11 is 0. The molecule has 0 amide bonds. The summed E-state index contributed by atoms with van der Waals surface area (Å²) < 4.78 is 26.1. The molecule has 110 valence electrons. The summed E-state index contributed by atoms with van der Waals surface area (Å²) in [5, 5.41) is 6.58. The van der Waals surface area contributed by atoms with Crippen LogP contribution < -0.4 is 15.4 Å². The molecule has 1 aromatic carbocycles. The van der Waals surface area contributed by atoms with Gasteiger partial charge in [0.05, 0.1) is 4.90 Å². The van der Waals surface area contributed by atoms with Gasteiger partial charge in [-0.3, -0.25) is 0 Å². The molecule has 1 aliphatic heterocycles. The van der Waals surface area contributed by atoms with E-state index in [1.807, 2.05) is 0 Å². The minimum Gasteiger partial charge on any atom is -0.381 e. The minimum atomic E-state index is -3.36. The third-order valence-electron chi connectivity index (χ3n) is 3.18. The predicted octanol–water partition coefficient (Wildman–Crippen LogP) is 1.32. The van der Waals surface area contributed by atoms with Crippen LogP contribution in [-0.2, 0) is 10.0 Å². The smallest absolute Gasteiger partial charge is 0.240 e. The molecule has 1 aromatic rings. The van der Waals surface area contributed by atoms with Crippen LogP contribution in [0.15, 0.2) is 40.8 Å². The third-order valence-corrected chi connectivity index (χ3v) is 4.74. The van der Waals surface area contributed by atoms with E-state index in [9.17, 15) is 8.42 Å². The van der Waals surface area contributed by atoms with E-state index in [0.717, 1.165) is 31.7 Å². The molecule has 3 N–H and O–H groups in total. The maximum absolute atomic E-state index is 11.8. The molecule has 0 spiro atoms. The van der Waals surface area contributed by atoms with Crippen LogP contribution >= 0.6 is 0 Å². The average Bonchev–Trinajstić information content (AvgIpc) is 2.47. The summed E-state index contributed by atoms with van der Waals surface area (Å²) in [6.45, 7) is 4.91. The lowest BCUT2D eigenvalue weighted by Gasteiger charge is -2.15. The van der Waals surface area contributed by atoms with Gasteiger partial charge in [-0.1, -0.05) is 18.6 Å². The highest BCUT2D eigenvalue weighted by molar-refractivity contribution is 7.89. The highest BCUT2D eigenvalue weighted by Crippen LogP contribution is 2.15. The van der Waals surface area contributed by atoms with Gasteiger partial charge >= 0.3 is 0 Å². The summed E-state index contributed by atoms with van der Waals surface area (Å²) in [5.41, 5.74) is 2.31. The molecule has 5 nitrogen and oxygen atoms in total. The van der Waals surface area contributed by atoms with Gasteiger partial charge in [0, 0.05) is 25.3 Å². The Morgan fingerprint density at radius 2 is 2.00 bits per heavy atom. The van der Waals surface area contributed by atoms with E-state index in [1.54, 1.807) is 31.2 Å². The van der Waals surface area contributed by atoms with Crippen molar-refractivity contribution in [2.45, 2.75) is 18.2 Å². The van der Waals surface area contributed by atoms with E-state index in [2.05, 4.69) is 21.4 Å². The van der Waals surface area contributed by atoms with Crippen LogP contribution in [0.5, 0.6) is 0 Å². The molecule has 1 heterocycles. The van der Waals surface area contributed by atoms with E-state index in [-0.39, 0.29) is 0 Å². The minimum absolute atomic E-state index is 0.297. The zero-order valence-electron chi connectivity index (χ0n) is 11.6. The molecule has 0 atom stereocenters. The van der Waals surface area contributed by atoms with Crippen molar-refractivity contribution in [2.24, 2.45) is 0 Å². The van der Waals surface area contributed by atoms with E-state index in [1.165, 1.54) is 5.57 Å². The molecular formula is C14H21N3O2S. The molecule has 20 heavy (non-hydrogen) atoms. The number of benzene rings is 1. The molecule has 0 bridgehead atoms. The van der Waals surface area contributed by atoms with E-state index < -0.39 is 10.0 Å². The molecule has 0 saturated heterocycles. The highest BCUT2D eigenvalue weighted by atomic mass is 32.2. The second kappa shape index (κ2) is 6.88. The standard InChI is InChI=1S/C14H21N3O2S/c1-2-17-20(18,19)14-5-3-13(4-6-14)16-11-12-7-9-15-10-8-12/h3-7,15-17H,2,8-11H2,1H3. The lowest BCUT2D eigenvalue weighted by Crippen LogP contribution is -2.23. The molecule has 1 aliphatic rings. The van der Waals surface area contributed by atoms with Crippen LogP contribution in [0, 0.1) is 0 Å². The molecule has 0 aliphatic carbocycles. The van der Waals surface area contributed by atoms with Crippen molar-refractivity contribution < 1.29 is 8.42 Å². The Balaban J connectivity index is 1.96. The van der Waals surface area contributed by atoms with Gasteiger partial charge in [-0.15, -0.1) is 0 Å². The normalized spacial score (nSPS) is 15.8. The molecule has 0 saturated carbocycles. The Morgan fingerprint density at radius 1 is 1.25 bits per heavy atom. The van der Waals surface area contributed by atoms with Crippen molar-refractivity contribution in [3.05, 3.63) is 35.9 Å². The number of hydrogen-bond acceptors (Lipinski definition) is 4. The van der Waals surface area contributed by atoms with Gasteiger partial charge in [0.15, 0.2) is 0 Å². The molecule has 6 heteroatoms. The summed E-state index contributed by atoms with van der Waals surface area (Å²) in [4.78, 5) is 0.297. The number of sulfonamides is 1. The Morgan fingerprint density at radius 3 is 2.60 bits per heavy atom. The molecule has 0 aromatic heterocycles. The summed E-state index contributed by atoms with van der Waals surface area (Å²) in [6, 6.07) is 6.84. The van der Waals surface area contributed by atoms with Crippen molar-refractivity contribution >= 4 is 15.7 Å². The molecular weight excluding hydrogens is 274 g/mol. The van der Waals surface area contributed by atoms with Gasteiger partial charge in [0.2, 0.25) is 10.0 Å². The van der Waals surface area contributed by atoms with Gasteiger partial charge < -0.3 is 10.6 Å². The Labute approximate surface area is 120 Å². The Hall–Kier alpha value is -1.37. The van der Waals surface area contributed by atoms with Crippen molar-refractivity contribution in [3.63, 3.8) is 0 Å². The molecule has 0 fully saturated rings. The van der Waals surface area contributed by atoms with Crippen LogP contribution in [-0.4, -0.2) is 34.6 Å². The van der Waals surface area contributed by atoms with Gasteiger partial charge in [0.1, 0.15) is 0 Å². The average molecular weight is 295 g/mol. The highest BCUT2D eigenvalue weighted by Gasteiger charge is 2.11. The number of anilines is 1. The van der Waals surface area contributed by atoms with Gasteiger partial charge in [-0.2, -0.15) is 0 Å². The predicted molar refractivity (Wildman–Crippen MR) is 81.4 cm³/mol. The van der Waals surface area contributed by atoms with E-state index in [4.69, 9.17) is 0 Å². The first-order valence-electron chi connectivity index (χ1n) is 6.84. The van der Waals surface area contributed by atoms with Crippen LogP contribution in [0.3, 0.4) is 0 Å². The maximum Gasteiger partial charge on any atom is 0.240 e. The fourth-order valence-corrected chi connectivity index (χ4v) is 3.11. The second-order valence-corrected chi connectivity index (χ2v) is 6.46. The number of nitrogens with one attached hydrogen (secondary N) is 3. The van der Waals surface area contributed by atoms with Crippen molar-refractivity contribution in [3.8, 4) is 0 Å². The van der Waals surface area contributed by atoms with Gasteiger partial charge in [-0.05, 0) is 37.2 Å². The Bertz CT molecular complexity index is 565. The van der Waals surface area contributed by atoms with Gasteiger partial charge in [-0.25, -0.2) is 13.1 Å². The van der Waals surface area contributed by atoms with Crippen molar-refractivity contribution in [1.29, 1.82) is 0 Å². The lowest BCUT2D eigenvalue weighted by atomic mass is 10.1. The fourth-order valence-electron chi connectivity index (χ4n) is 2.07. The SMILES string of the molecule is CCNS(=O)(=O)c1ccc(NCC2=CCNCC2)cc1. The third kappa shape index (κ3) is 4.06. The van der Waals surface area contributed by atoms with Crippen LogP contribution in [0.1, 0.15) is 13.3 Å². The maximum atomic E-state index is 11.8. The Kier molecular flexibility index (Phi) is 5.17. The van der Waals surface area contributed by atoms with Crippen LogP contribution in [0.2, 0.25) is 0 Å².